The molecule has 0 spiro atoms. The van der Waals surface area contributed by atoms with Gasteiger partial charge in [0, 0.05) is 28.5 Å². The van der Waals surface area contributed by atoms with Gasteiger partial charge in [-0.25, -0.2) is 0 Å². The van der Waals surface area contributed by atoms with Crippen molar-refractivity contribution in [1.29, 1.82) is 0 Å². The van der Waals surface area contributed by atoms with Gasteiger partial charge >= 0.3 is 0 Å². The van der Waals surface area contributed by atoms with Crippen molar-refractivity contribution in [2.75, 3.05) is 5.32 Å². The minimum Gasteiger partial charge on any atom is -0.508 e. The molecule has 0 aliphatic heterocycles. The molecule has 2 aromatic rings. The molecule has 0 unspecified atom stereocenters. The van der Waals surface area contributed by atoms with Crippen LogP contribution in [0.5, 0.6) is 5.75 Å². The van der Waals surface area contributed by atoms with E-state index in [0.29, 0.717) is 10.6 Å². The summed E-state index contributed by atoms with van der Waals surface area (Å²) < 4.78 is 0. The molecule has 3 nitrogen and oxygen atoms in total. The Morgan fingerprint density at radius 3 is 2.32 bits per heavy atom. The van der Waals surface area contributed by atoms with Crippen LogP contribution in [0.25, 0.3) is 0 Å². The van der Waals surface area contributed by atoms with Crippen molar-refractivity contribution in [1.82, 2.24) is 0 Å². The summed E-state index contributed by atoms with van der Waals surface area (Å²) in [5, 5.41) is 12.7. The SMILES string of the molecule is O=C(C=CNc1ccc(O)cc1)c1ccc(Cl)cc1. The number of hydrogen-bond donors (Lipinski definition) is 2. The number of anilines is 1. The zero-order chi connectivity index (χ0) is 13.7. The van der Waals surface area contributed by atoms with Crippen molar-refractivity contribution >= 4 is 23.1 Å². The minimum absolute atomic E-state index is 0.108. The predicted molar refractivity (Wildman–Crippen MR) is 76.7 cm³/mol. The van der Waals surface area contributed by atoms with Crippen molar-refractivity contribution in [2.45, 2.75) is 0 Å². The van der Waals surface area contributed by atoms with Gasteiger partial charge in [0.2, 0.25) is 0 Å². The molecule has 0 bridgehead atoms. The lowest BCUT2D eigenvalue weighted by Gasteiger charge is -2.00. The Balaban J connectivity index is 1.97. The lowest BCUT2D eigenvalue weighted by Crippen LogP contribution is -1.95. The van der Waals surface area contributed by atoms with Crippen molar-refractivity contribution < 1.29 is 9.90 Å². The maximum absolute atomic E-state index is 11.8. The number of carbonyl (C=O) groups excluding carboxylic acids is 1. The first kappa shape index (κ1) is 13.2. The van der Waals surface area contributed by atoms with E-state index in [4.69, 9.17) is 16.7 Å². The van der Waals surface area contributed by atoms with Crippen molar-refractivity contribution in [3.8, 4) is 5.75 Å². The third-order valence-corrected chi connectivity index (χ3v) is 2.73. The molecule has 0 fully saturated rings. The van der Waals surface area contributed by atoms with E-state index in [0.717, 1.165) is 5.69 Å². The van der Waals surface area contributed by atoms with Crippen LogP contribution >= 0.6 is 11.6 Å². The highest BCUT2D eigenvalue weighted by atomic mass is 35.5. The molecular formula is C15H12ClNO2. The quantitative estimate of drug-likeness (QED) is 0.505. The highest BCUT2D eigenvalue weighted by Gasteiger charge is 2.00. The standard InChI is InChI=1S/C15H12ClNO2/c16-12-3-1-11(2-4-12)15(19)9-10-17-13-5-7-14(18)8-6-13/h1-10,17-18H. The number of phenols is 1. The van der Waals surface area contributed by atoms with E-state index in [1.165, 1.54) is 6.08 Å². The fraction of sp³-hybridized carbons (Fsp3) is 0. The van der Waals surface area contributed by atoms with E-state index in [1.54, 1.807) is 54.7 Å². The maximum Gasteiger partial charge on any atom is 0.187 e. The Morgan fingerprint density at radius 2 is 1.68 bits per heavy atom. The van der Waals surface area contributed by atoms with E-state index in [-0.39, 0.29) is 11.5 Å². The summed E-state index contributed by atoms with van der Waals surface area (Å²) in [6.45, 7) is 0. The molecular weight excluding hydrogens is 262 g/mol. The van der Waals surface area contributed by atoms with Crippen LogP contribution in [0.15, 0.2) is 60.8 Å². The Hall–Kier alpha value is -2.26. The number of rotatable bonds is 4. The zero-order valence-corrected chi connectivity index (χ0v) is 10.8. The number of allylic oxidation sites excluding steroid dienone is 1. The Bertz CT molecular complexity index is 589. The summed E-state index contributed by atoms with van der Waals surface area (Å²) in [6, 6.07) is 13.3. The lowest BCUT2D eigenvalue weighted by atomic mass is 10.1. The Kier molecular flexibility index (Phi) is 4.21. The van der Waals surface area contributed by atoms with Gasteiger partial charge in [-0.2, -0.15) is 0 Å². The summed E-state index contributed by atoms with van der Waals surface area (Å²) in [7, 11) is 0. The van der Waals surface area contributed by atoms with Crippen molar-refractivity contribution in [3.63, 3.8) is 0 Å². The highest BCUT2D eigenvalue weighted by molar-refractivity contribution is 6.30. The number of ketones is 1. The normalized spacial score (nSPS) is 10.6. The number of aromatic hydroxyl groups is 1. The van der Waals surface area contributed by atoms with Crippen LogP contribution in [0.4, 0.5) is 5.69 Å². The Labute approximate surface area is 116 Å². The molecule has 2 N–H and O–H groups in total. The monoisotopic (exact) mass is 273 g/mol. The number of halogens is 1. The van der Waals surface area contributed by atoms with Gasteiger partial charge in [0.25, 0.3) is 0 Å². The van der Waals surface area contributed by atoms with Crippen LogP contribution in [-0.2, 0) is 0 Å². The molecule has 0 radical (unpaired) electrons. The van der Waals surface area contributed by atoms with Gasteiger partial charge in [0.05, 0.1) is 0 Å². The summed E-state index contributed by atoms with van der Waals surface area (Å²) >= 11 is 5.75. The van der Waals surface area contributed by atoms with E-state index in [9.17, 15) is 4.79 Å². The molecule has 0 saturated carbocycles. The zero-order valence-electron chi connectivity index (χ0n) is 10.0. The molecule has 0 amide bonds. The van der Waals surface area contributed by atoms with E-state index < -0.39 is 0 Å². The van der Waals surface area contributed by atoms with Gasteiger partial charge in [-0.1, -0.05) is 11.6 Å². The summed E-state index contributed by atoms with van der Waals surface area (Å²) in [6.07, 6.45) is 3.00. The van der Waals surface area contributed by atoms with E-state index >= 15 is 0 Å². The third kappa shape index (κ3) is 3.86. The fourth-order valence-electron chi connectivity index (χ4n) is 1.48. The molecule has 0 aliphatic rings. The van der Waals surface area contributed by atoms with Gasteiger partial charge in [0.1, 0.15) is 5.75 Å². The molecule has 0 heterocycles. The number of phenolic OH excluding ortho intramolecular Hbond substituents is 1. The van der Waals surface area contributed by atoms with Crippen LogP contribution in [0.2, 0.25) is 5.02 Å². The van der Waals surface area contributed by atoms with Gasteiger partial charge < -0.3 is 10.4 Å². The maximum atomic E-state index is 11.8. The first-order chi connectivity index (χ1) is 9.15. The number of carbonyl (C=O) groups is 1. The Morgan fingerprint density at radius 1 is 1.05 bits per heavy atom. The molecule has 2 aromatic carbocycles. The van der Waals surface area contributed by atoms with Crippen LogP contribution in [0, 0.1) is 0 Å². The van der Waals surface area contributed by atoms with Gasteiger partial charge in [0.15, 0.2) is 5.78 Å². The summed E-state index contributed by atoms with van der Waals surface area (Å²) in [5.74, 6) is 0.0923. The van der Waals surface area contributed by atoms with E-state index in [2.05, 4.69) is 5.32 Å². The van der Waals surface area contributed by atoms with Gasteiger partial charge in [-0.3, -0.25) is 4.79 Å². The summed E-state index contributed by atoms with van der Waals surface area (Å²) in [5.41, 5.74) is 1.37. The molecule has 96 valence electrons. The highest BCUT2D eigenvalue weighted by Crippen LogP contribution is 2.14. The summed E-state index contributed by atoms with van der Waals surface area (Å²) in [4.78, 5) is 11.8. The average molecular weight is 274 g/mol. The molecule has 2 rings (SSSR count). The predicted octanol–water partition coefficient (Wildman–Crippen LogP) is 3.85. The topological polar surface area (TPSA) is 49.3 Å². The van der Waals surface area contributed by atoms with Crippen LogP contribution in [-0.4, -0.2) is 10.9 Å². The number of nitrogens with one attached hydrogen (secondary N) is 1. The molecule has 0 aliphatic carbocycles. The largest absolute Gasteiger partial charge is 0.508 e. The first-order valence-electron chi connectivity index (χ1n) is 5.67. The molecule has 0 saturated heterocycles. The van der Waals surface area contributed by atoms with Gasteiger partial charge in [-0.15, -0.1) is 0 Å². The second-order valence-electron chi connectivity index (χ2n) is 3.90. The number of hydrogen-bond acceptors (Lipinski definition) is 3. The van der Waals surface area contributed by atoms with Crippen LogP contribution < -0.4 is 5.32 Å². The molecule has 0 aromatic heterocycles. The van der Waals surface area contributed by atoms with Crippen LogP contribution in [0.3, 0.4) is 0 Å². The molecule has 4 heteroatoms. The van der Waals surface area contributed by atoms with Gasteiger partial charge in [-0.05, 0) is 48.5 Å². The van der Waals surface area contributed by atoms with Crippen molar-refractivity contribution in [2.24, 2.45) is 0 Å². The average Bonchev–Trinajstić information content (AvgIpc) is 2.41. The smallest absolute Gasteiger partial charge is 0.187 e. The second-order valence-corrected chi connectivity index (χ2v) is 4.33. The lowest BCUT2D eigenvalue weighted by molar-refractivity contribution is 0.104. The minimum atomic E-state index is -0.108. The molecule has 19 heavy (non-hydrogen) atoms. The molecule has 0 atom stereocenters. The van der Waals surface area contributed by atoms with E-state index in [1.807, 2.05) is 0 Å². The van der Waals surface area contributed by atoms with Crippen molar-refractivity contribution in [3.05, 3.63) is 71.4 Å². The first-order valence-corrected chi connectivity index (χ1v) is 6.05. The third-order valence-electron chi connectivity index (χ3n) is 2.48. The second kappa shape index (κ2) is 6.07. The fourth-order valence-corrected chi connectivity index (χ4v) is 1.61. The number of benzene rings is 2. The van der Waals surface area contributed by atoms with Crippen LogP contribution in [0.1, 0.15) is 10.4 Å².